The molecule has 1 amide bonds. The molecule has 0 aliphatic rings. The fourth-order valence-corrected chi connectivity index (χ4v) is 2.87. The lowest BCUT2D eigenvalue weighted by Crippen LogP contribution is -2.27. The van der Waals surface area contributed by atoms with Gasteiger partial charge in [0, 0.05) is 6.54 Å². The van der Waals surface area contributed by atoms with Gasteiger partial charge in [0.1, 0.15) is 18.1 Å². The molecular weight excluding hydrogens is 388 g/mol. The number of nitro groups is 1. The molecule has 3 rings (SSSR count). The number of hydrogen-bond acceptors (Lipinski definition) is 6. The molecule has 0 saturated heterocycles. The highest BCUT2D eigenvalue weighted by Crippen LogP contribution is 2.20. The molecule has 9 heteroatoms. The number of carbonyl (C=O) groups is 1. The van der Waals surface area contributed by atoms with Crippen molar-refractivity contribution in [1.82, 2.24) is 15.1 Å². The quantitative estimate of drug-likeness (QED) is 0.311. The Hall–Kier alpha value is -3.88. The van der Waals surface area contributed by atoms with Gasteiger partial charge in [-0.15, -0.1) is 6.58 Å². The minimum absolute atomic E-state index is 0.163. The van der Waals surface area contributed by atoms with Gasteiger partial charge in [0.15, 0.2) is 5.76 Å². The topological polar surface area (TPSA) is 112 Å². The third-order valence-electron chi connectivity index (χ3n) is 4.36. The first-order chi connectivity index (χ1) is 14.5. The number of rotatable bonds is 10. The van der Waals surface area contributed by atoms with Crippen molar-refractivity contribution < 1.29 is 18.9 Å². The Kier molecular flexibility index (Phi) is 6.63. The Labute approximate surface area is 173 Å². The van der Waals surface area contributed by atoms with Crippen LogP contribution in [0.2, 0.25) is 0 Å². The van der Waals surface area contributed by atoms with E-state index in [1.807, 2.05) is 24.3 Å². The third-order valence-corrected chi connectivity index (χ3v) is 4.36. The first-order valence-corrected chi connectivity index (χ1v) is 9.35. The molecule has 0 aliphatic heterocycles. The van der Waals surface area contributed by atoms with Gasteiger partial charge < -0.3 is 24.6 Å². The summed E-state index contributed by atoms with van der Waals surface area (Å²) in [5.41, 5.74) is 1.66. The van der Waals surface area contributed by atoms with Gasteiger partial charge in [-0.2, -0.15) is 4.68 Å². The Morgan fingerprint density at radius 1 is 1.37 bits per heavy atom. The number of nitrogens with zero attached hydrogens (tertiary/aromatic N) is 3. The van der Waals surface area contributed by atoms with Crippen molar-refractivity contribution in [2.24, 2.45) is 0 Å². The summed E-state index contributed by atoms with van der Waals surface area (Å²) in [6, 6.07) is 12.3. The van der Waals surface area contributed by atoms with Crippen molar-refractivity contribution >= 4 is 11.7 Å². The fourth-order valence-electron chi connectivity index (χ4n) is 2.87. The molecule has 1 N–H and O–H groups in total. The second kappa shape index (κ2) is 9.55. The highest BCUT2D eigenvalue weighted by Gasteiger charge is 2.16. The predicted molar refractivity (Wildman–Crippen MR) is 109 cm³/mol. The maximum Gasteiger partial charge on any atom is 0.390 e. The van der Waals surface area contributed by atoms with Crippen molar-refractivity contribution in [3.63, 3.8) is 0 Å². The largest absolute Gasteiger partial charge is 0.485 e. The van der Waals surface area contributed by atoms with Crippen LogP contribution >= 0.6 is 0 Å². The second-order valence-electron chi connectivity index (χ2n) is 6.54. The van der Waals surface area contributed by atoms with Gasteiger partial charge in [-0.3, -0.25) is 4.79 Å². The summed E-state index contributed by atoms with van der Waals surface area (Å²) in [6.07, 6.45) is 2.50. The van der Waals surface area contributed by atoms with Gasteiger partial charge in [-0.1, -0.05) is 24.3 Å². The number of hydrogen-bond donors (Lipinski definition) is 1. The first kappa shape index (κ1) is 20.8. The van der Waals surface area contributed by atoms with Crippen LogP contribution in [0.5, 0.6) is 5.75 Å². The van der Waals surface area contributed by atoms with Gasteiger partial charge >= 0.3 is 5.82 Å². The van der Waals surface area contributed by atoms with E-state index in [4.69, 9.17) is 9.15 Å². The number of para-hydroxylation sites is 1. The van der Waals surface area contributed by atoms with Crippen LogP contribution in [0.4, 0.5) is 5.82 Å². The van der Waals surface area contributed by atoms with Crippen LogP contribution in [0.3, 0.4) is 0 Å². The zero-order valence-corrected chi connectivity index (χ0v) is 16.5. The van der Waals surface area contributed by atoms with Gasteiger partial charge in [0.05, 0.1) is 23.4 Å². The maximum atomic E-state index is 12.3. The van der Waals surface area contributed by atoms with Gasteiger partial charge in [0.2, 0.25) is 0 Å². The van der Waals surface area contributed by atoms with Crippen LogP contribution in [0.15, 0.2) is 59.5 Å². The Morgan fingerprint density at radius 2 is 2.17 bits per heavy atom. The number of nitrogens with one attached hydrogen (secondary N) is 1. The van der Waals surface area contributed by atoms with Crippen molar-refractivity contribution in [3.8, 4) is 5.75 Å². The Balaban J connectivity index is 1.51. The summed E-state index contributed by atoms with van der Waals surface area (Å²) < 4.78 is 12.8. The standard InChI is InChI=1S/C21H22N4O5/c1-3-6-16-7-4-5-8-18(16)29-14-17-9-10-19(30-17)21(26)22-11-12-24-15(2)13-20(23-24)25(27)28/h3-5,7-10,13H,1,6,11-12,14H2,2H3,(H,22,26). The zero-order chi connectivity index (χ0) is 21.5. The van der Waals surface area contributed by atoms with Crippen LogP contribution in [0.1, 0.15) is 27.6 Å². The summed E-state index contributed by atoms with van der Waals surface area (Å²) in [5, 5.41) is 17.4. The van der Waals surface area contributed by atoms with Crippen LogP contribution in [0, 0.1) is 17.0 Å². The molecular formula is C21H22N4O5. The van der Waals surface area contributed by atoms with E-state index >= 15 is 0 Å². The maximum absolute atomic E-state index is 12.3. The lowest BCUT2D eigenvalue weighted by atomic mass is 10.1. The third kappa shape index (κ3) is 5.13. The predicted octanol–water partition coefficient (Wildman–Crippen LogP) is 3.43. The van der Waals surface area contributed by atoms with Crippen molar-refractivity contribution in [2.45, 2.75) is 26.5 Å². The number of benzene rings is 1. The van der Waals surface area contributed by atoms with Crippen LogP contribution < -0.4 is 10.1 Å². The van der Waals surface area contributed by atoms with Crippen molar-refractivity contribution in [3.05, 3.63) is 88.0 Å². The summed E-state index contributed by atoms with van der Waals surface area (Å²) >= 11 is 0. The monoisotopic (exact) mass is 410 g/mol. The Bertz CT molecular complexity index is 1050. The van der Waals surface area contributed by atoms with E-state index in [2.05, 4.69) is 17.0 Å². The highest BCUT2D eigenvalue weighted by atomic mass is 16.6. The molecule has 1 aromatic carbocycles. The minimum Gasteiger partial charge on any atom is -0.485 e. The molecule has 0 spiro atoms. The van der Waals surface area contributed by atoms with E-state index in [9.17, 15) is 14.9 Å². The van der Waals surface area contributed by atoms with E-state index in [1.54, 1.807) is 25.1 Å². The number of furan rings is 1. The average Bonchev–Trinajstić information content (AvgIpc) is 3.35. The lowest BCUT2D eigenvalue weighted by molar-refractivity contribution is -0.389. The van der Waals surface area contributed by atoms with Crippen molar-refractivity contribution in [2.75, 3.05) is 6.54 Å². The summed E-state index contributed by atoms with van der Waals surface area (Å²) in [6.45, 7) is 6.21. The van der Waals surface area contributed by atoms with Crippen LogP contribution in [-0.4, -0.2) is 27.2 Å². The average molecular weight is 410 g/mol. The number of carbonyl (C=O) groups excluding carboxylic acids is 1. The molecule has 0 atom stereocenters. The van der Waals surface area contributed by atoms with Crippen molar-refractivity contribution in [1.29, 1.82) is 0 Å². The number of aryl methyl sites for hydroxylation is 1. The van der Waals surface area contributed by atoms with Gasteiger partial charge in [-0.25, -0.2) is 0 Å². The summed E-state index contributed by atoms with van der Waals surface area (Å²) in [7, 11) is 0. The molecule has 0 aliphatic carbocycles. The van der Waals surface area contributed by atoms with Gasteiger partial charge in [-0.05, 0) is 42.0 Å². The normalized spacial score (nSPS) is 10.6. The Morgan fingerprint density at radius 3 is 2.90 bits per heavy atom. The van der Waals surface area contributed by atoms with E-state index in [1.165, 1.54) is 10.7 Å². The minimum atomic E-state index is -0.551. The second-order valence-corrected chi connectivity index (χ2v) is 6.54. The lowest BCUT2D eigenvalue weighted by Gasteiger charge is -2.09. The van der Waals surface area contributed by atoms with Crippen LogP contribution in [0.25, 0.3) is 0 Å². The fraction of sp³-hybridized carbons (Fsp3) is 0.238. The number of ether oxygens (including phenoxy) is 1. The van der Waals surface area contributed by atoms with E-state index in [0.717, 1.165) is 11.3 Å². The molecule has 30 heavy (non-hydrogen) atoms. The molecule has 9 nitrogen and oxygen atoms in total. The molecule has 0 radical (unpaired) electrons. The van der Waals surface area contributed by atoms with Crippen LogP contribution in [-0.2, 0) is 19.6 Å². The highest BCUT2D eigenvalue weighted by molar-refractivity contribution is 5.91. The molecule has 0 saturated carbocycles. The first-order valence-electron chi connectivity index (χ1n) is 9.35. The summed E-state index contributed by atoms with van der Waals surface area (Å²) in [5.74, 6) is 0.823. The molecule has 0 fully saturated rings. The number of allylic oxidation sites excluding steroid dienone is 1. The zero-order valence-electron chi connectivity index (χ0n) is 16.5. The molecule has 0 bridgehead atoms. The van der Waals surface area contributed by atoms with E-state index in [-0.39, 0.29) is 30.6 Å². The van der Waals surface area contributed by atoms with Gasteiger partial charge in [0.25, 0.3) is 5.91 Å². The molecule has 3 aromatic rings. The molecule has 156 valence electrons. The number of aromatic nitrogens is 2. The smallest absolute Gasteiger partial charge is 0.390 e. The molecule has 2 aromatic heterocycles. The SMILES string of the molecule is C=CCc1ccccc1OCc1ccc(C(=O)NCCn2nc([N+](=O)[O-])cc2C)o1. The van der Waals surface area contributed by atoms with E-state index < -0.39 is 4.92 Å². The number of amides is 1. The summed E-state index contributed by atoms with van der Waals surface area (Å²) in [4.78, 5) is 22.5. The molecule has 2 heterocycles. The molecule has 0 unspecified atom stereocenters. The van der Waals surface area contributed by atoms with E-state index in [0.29, 0.717) is 24.4 Å².